The molecular formula is C17H26N2O4Si. The zero-order chi connectivity index (χ0) is 17.7. The minimum atomic E-state index is -1.77. The van der Waals surface area contributed by atoms with Gasteiger partial charge in [0.25, 0.3) is 5.69 Å². The van der Waals surface area contributed by atoms with Crippen LogP contribution in [0.5, 0.6) is 0 Å². The molecule has 0 aromatic carbocycles. The molecular weight excluding hydrogens is 324 g/mol. The number of pyridine rings is 1. The molecule has 24 heavy (non-hydrogen) atoms. The molecule has 6 nitrogen and oxygen atoms in total. The van der Waals surface area contributed by atoms with Gasteiger partial charge in [-0.1, -0.05) is 20.8 Å². The molecule has 0 aliphatic carbocycles. The fraction of sp³-hybridized carbons (Fsp3) is 0.588. The van der Waals surface area contributed by atoms with Crippen LogP contribution in [0.1, 0.15) is 45.8 Å². The van der Waals surface area contributed by atoms with Gasteiger partial charge in [0.2, 0.25) is 8.32 Å². The minimum Gasteiger partial charge on any atom is -0.547 e. The Balaban J connectivity index is 2.26. The van der Waals surface area contributed by atoms with Crippen LogP contribution < -0.4 is 0 Å². The Labute approximate surface area is 144 Å². The van der Waals surface area contributed by atoms with E-state index < -0.39 is 13.2 Å². The molecule has 0 fully saturated rings. The van der Waals surface area contributed by atoms with Crippen LogP contribution >= 0.6 is 0 Å². The van der Waals surface area contributed by atoms with Gasteiger partial charge in [0.05, 0.1) is 28.5 Å². The van der Waals surface area contributed by atoms with Crippen LogP contribution in [-0.4, -0.2) is 24.3 Å². The summed E-state index contributed by atoms with van der Waals surface area (Å²) in [6.45, 7) is 8.50. The van der Waals surface area contributed by atoms with Crippen molar-refractivity contribution in [1.29, 1.82) is 0 Å². The molecule has 1 aromatic rings. The summed E-state index contributed by atoms with van der Waals surface area (Å²) in [5.74, 6) is 0.919. The molecule has 0 saturated carbocycles. The summed E-state index contributed by atoms with van der Waals surface area (Å²) in [5.41, 5.74) is 0.564. The lowest BCUT2D eigenvalue weighted by molar-refractivity contribution is -0.386. The topological polar surface area (TPSA) is 74.5 Å². The van der Waals surface area contributed by atoms with Crippen molar-refractivity contribution in [2.75, 3.05) is 0 Å². The van der Waals surface area contributed by atoms with Crippen LogP contribution in [-0.2, 0) is 9.16 Å². The van der Waals surface area contributed by atoms with Crippen LogP contribution in [0.25, 0.3) is 0 Å². The first-order valence-corrected chi connectivity index (χ1v) is 11.1. The van der Waals surface area contributed by atoms with Gasteiger partial charge in [-0.15, -0.1) is 0 Å². The number of nitrogens with zero attached hydrogens (tertiary/aromatic N) is 2. The van der Waals surface area contributed by atoms with Crippen molar-refractivity contribution in [2.24, 2.45) is 0 Å². The summed E-state index contributed by atoms with van der Waals surface area (Å²) in [6, 6.07) is 4.86. The largest absolute Gasteiger partial charge is 0.547 e. The van der Waals surface area contributed by atoms with Crippen molar-refractivity contribution < 1.29 is 14.1 Å². The lowest BCUT2D eigenvalue weighted by atomic mass is 10.0. The van der Waals surface area contributed by atoms with Gasteiger partial charge in [0, 0.05) is 12.6 Å². The zero-order valence-electron chi connectivity index (χ0n) is 14.8. The standard InChI is InChI=1S/C17H26N2O4Si/c1-5-24(6-2,7-3)23-14-10-13(4)22-17(11-14)15-8-9-18-12-16(15)19(20)21/h8-10,12-13,17H,5-7,11H2,1-4H3/t13-,17-/m1/s1. The van der Waals surface area contributed by atoms with Gasteiger partial charge in [-0.2, -0.15) is 0 Å². The van der Waals surface area contributed by atoms with E-state index in [2.05, 4.69) is 25.8 Å². The first-order valence-electron chi connectivity index (χ1n) is 8.58. The molecule has 0 unspecified atom stereocenters. The predicted octanol–water partition coefficient (Wildman–Crippen LogP) is 4.75. The molecule has 132 valence electrons. The van der Waals surface area contributed by atoms with Crippen LogP contribution in [0.3, 0.4) is 0 Å². The summed E-state index contributed by atoms with van der Waals surface area (Å²) < 4.78 is 12.4. The van der Waals surface area contributed by atoms with E-state index in [-0.39, 0.29) is 17.9 Å². The second kappa shape index (κ2) is 7.89. The summed E-state index contributed by atoms with van der Waals surface area (Å²) in [6.07, 6.45) is 4.88. The van der Waals surface area contributed by atoms with Gasteiger partial charge >= 0.3 is 0 Å². The van der Waals surface area contributed by atoms with Gasteiger partial charge in [-0.25, -0.2) is 0 Å². The highest BCUT2D eigenvalue weighted by Gasteiger charge is 2.35. The number of nitro groups is 1. The van der Waals surface area contributed by atoms with E-state index in [0.29, 0.717) is 12.0 Å². The van der Waals surface area contributed by atoms with E-state index >= 15 is 0 Å². The zero-order valence-corrected chi connectivity index (χ0v) is 15.8. The first kappa shape index (κ1) is 18.6. The van der Waals surface area contributed by atoms with Crippen molar-refractivity contribution in [2.45, 2.75) is 64.5 Å². The average molecular weight is 350 g/mol. The maximum atomic E-state index is 11.3. The van der Waals surface area contributed by atoms with E-state index in [0.717, 1.165) is 23.9 Å². The molecule has 2 rings (SSSR count). The Kier molecular flexibility index (Phi) is 6.12. The highest BCUT2D eigenvalue weighted by molar-refractivity contribution is 6.73. The fourth-order valence-electron chi connectivity index (χ4n) is 3.18. The van der Waals surface area contributed by atoms with Crippen molar-refractivity contribution >= 4 is 14.0 Å². The van der Waals surface area contributed by atoms with E-state index in [9.17, 15) is 10.1 Å². The number of ether oxygens (including phenoxy) is 1. The second-order valence-electron chi connectivity index (χ2n) is 6.20. The number of rotatable bonds is 7. The quantitative estimate of drug-likeness (QED) is 0.403. The summed E-state index contributed by atoms with van der Waals surface area (Å²) in [7, 11) is -1.77. The number of hydrogen-bond donors (Lipinski definition) is 0. The van der Waals surface area contributed by atoms with E-state index in [1.54, 1.807) is 12.3 Å². The lowest BCUT2D eigenvalue weighted by Crippen LogP contribution is -2.36. The van der Waals surface area contributed by atoms with Gasteiger partial charge in [0.1, 0.15) is 6.20 Å². The number of aromatic nitrogens is 1. The molecule has 0 saturated heterocycles. The molecule has 1 aliphatic heterocycles. The molecule has 0 amide bonds. The molecule has 7 heteroatoms. The van der Waals surface area contributed by atoms with Crippen LogP contribution in [0.4, 0.5) is 5.69 Å². The summed E-state index contributed by atoms with van der Waals surface area (Å²) in [4.78, 5) is 14.7. The maximum absolute atomic E-state index is 11.3. The minimum absolute atomic E-state index is 0.000864. The van der Waals surface area contributed by atoms with E-state index in [4.69, 9.17) is 9.16 Å². The first-order chi connectivity index (χ1) is 11.4. The highest BCUT2D eigenvalue weighted by atomic mass is 28.4. The van der Waals surface area contributed by atoms with Crippen LogP contribution in [0.15, 0.2) is 30.3 Å². The van der Waals surface area contributed by atoms with Crippen LogP contribution in [0.2, 0.25) is 18.1 Å². The molecule has 0 N–H and O–H groups in total. The maximum Gasteiger partial charge on any atom is 0.293 e. The molecule has 0 bridgehead atoms. The Morgan fingerprint density at radius 2 is 2.04 bits per heavy atom. The summed E-state index contributed by atoms with van der Waals surface area (Å²) in [5, 5.41) is 11.3. The van der Waals surface area contributed by atoms with E-state index in [1.807, 2.05) is 13.0 Å². The Morgan fingerprint density at radius 1 is 1.38 bits per heavy atom. The van der Waals surface area contributed by atoms with Gasteiger partial charge in [-0.05, 0) is 37.2 Å². The lowest BCUT2D eigenvalue weighted by Gasteiger charge is -2.35. The third-order valence-electron chi connectivity index (χ3n) is 4.84. The van der Waals surface area contributed by atoms with Gasteiger partial charge < -0.3 is 9.16 Å². The van der Waals surface area contributed by atoms with Gasteiger partial charge in [-0.3, -0.25) is 15.1 Å². The summed E-state index contributed by atoms with van der Waals surface area (Å²) >= 11 is 0. The smallest absolute Gasteiger partial charge is 0.293 e. The molecule has 2 atom stereocenters. The van der Waals surface area contributed by atoms with Crippen molar-refractivity contribution in [3.8, 4) is 0 Å². The normalized spacial score (nSPS) is 21.2. The SMILES string of the molecule is CC[Si](CC)(CC)OC1=C[C@@H](C)O[C@@H](c2ccncc2[N+](=O)[O-])C1. The third-order valence-corrected chi connectivity index (χ3v) is 9.40. The number of hydrogen-bond acceptors (Lipinski definition) is 5. The fourth-order valence-corrected chi connectivity index (χ4v) is 5.82. The highest BCUT2D eigenvalue weighted by Crippen LogP contribution is 2.38. The van der Waals surface area contributed by atoms with Crippen molar-refractivity contribution in [1.82, 2.24) is 4.98 Å². The van der Waals surface area contributed by atoms with Gasteiger partial charge in [0.15, 0.2) is 0 Å². The van der Waals surface area contributed by atoms with Crippen LogP contribution in [0, 0.1) is 10.1 Å². The van der Waals surface area contributed by atoms with Crippen molar-refractivity contribution in [3.05, 3.63) is 46.0 Å². The predicted molar refractivity (Wildman–Crippen MR) is 95.2 cm³/mol. The Hall–Kier alpha value is -1.73. The average Bonchev–Trinajstić information content (AvgIpc) is 2.59. The Morgan fingerprint density at radius 3 is 2.62 bits per heavy atom. The molecule has 1 aliphatic rings. The van der Waals surface area contributed by atoms with Crippen molar-refractivity contribution in [3.63, 3.8) is 0 Å². The monoisotopic (exact) mass is 350 g/mol. The molecule has 0 radical (unpaired) electrons. The molecule has 2 heterocycles. The molecule has 0 spiro atoms. The van der Waals surface area contributed by atoms with E-state index in [1.165, 1.54) is 6.20 Å². The second-order valence-corrected chi connectivity index (χ2v) is 10.9. The molecule has 1 aromatic heterocycles. The Bertz CT molecular complexity index is 608. The third kappa shape index (κ3) is 4.02.